The number of carboxylic acid groups (broad SMARTS) is 1. The highest BCUT2D eigenvalue weighted by Crippen LogP contribution is 2.45. The van der Waals surface area contributed by atoms with Crippen molar-refractivity contribution < 1.29 is 29.0 Å². The van der Waals surface area contributed by atoms with Gasteiger partial charge in [0.15, 0.2) is 0 Å². The Labute approximate surface area is 252 Å². The molecular formula is C33H40N4O6. The minimum absolute atomic E-state index is 0.0305. The number of hydrogen-bond acceptors (Lipinski definition) is 6. The number of aromatic nitrogens is 2. The zero-order chi connectivity index (χ0) is 31.1. The van der Waals surface area contributed by atoms with E-state index in [-0.39, 0.29) is 36.4 Å². The molecule has 43 heavy (non-hydrogen) atoms. The number of amides is 2. The Bertz CT molecular complexity index is 1490. The van der Waals surface area contributed by atoms with E-state index < -0.39 is 29.2 Å². The SMILES string of the molecule is Cn1cc(C(=O)O)c(CN(C(=O)OCC2c3ccccc3-c3ccccc32)C2CCN(C(=O)OC(C)(C)C)CC2(C)C)n1. The Balaban J connectivity index is 1.41. The molecule has 1 aliphatic heterocycles. The average molecular weight is 589 g/mol. The van der Waals surface area contributed by atoms with E-state index in [0.717, 1.165) is 22.3 Å². The summed E-state index contributed by atoms with van der Waals surface area (Å²) in [5.74, 6) is -1.24. The second-order valence-electron chi connectivity index (χ2n) is 13.1. The number of carboxylic acids is 1. The Morgan fingerprint density at radius 3 is 2.21 bits per heavy atom. The second-order valence-corrected chi connectivity index (χ2v) is 13.1. The van der Waals surface area contributed by atoms with Crippen LogP contribution in [0.4, 0.5) is 9.59 Å². The lowest BCUT2D eigenvalue weighted by Crippen LogP contribution is -2.58. The summed E-state index contributed by atoms with van der Waals surface area (Å²) in [6.45, 7) is 10.3. The third-order valence-electron chi connectivity index (χ3n) is 8.23. The topological polar surface area (TPSA) is 114 Å². The van der Waals surface area contributed by atoms with Crippen LogP contribution in [0, 0.1) is 5.41 Å². The van der Waals surface area contributed by atoms with Crippen LogP contribution in [0.3, 0.4) is 0 Å². The first kappa shape index (κ1) is 30.1. The molecular weight excluding hydrogens is 548 g/mol. The second kappa shape index (κ2) is 11.4. The summed E-state index contributed by atoms with van der Waals surface area (Å²) in [5.41, 5.74) is 3.59. The number of rotatable bonds is 6. The van der Waals surface area contributed by atoms with Gasteiger partial charge in [-0.1, -0.05) is 62.4 Å². The van der Waals surface area contributed by atoms with Gasteiger partial charge in [-0.05, 0) is 49.4 Å². The lowest BCUT2D eigenvalue weighted by atomic mass is 9.78. The Morgan fingerprint density at radius 2 is 1.65 bits per heavy atom. The molecule has 2 aliphatic rings. The first-order chi connectivity index (χ1) is 20.2. The molecule has 5 rings (SSSR count). The summed E-state index contributed by atoms with van der Waals surface area (Å²) in [6.07, 6.45) is 0.951. The Hall–Kier alpha value is -4.34. The highest BCUT2D eigenvalue weighted by atomic mass is 16.6. The van der Waals surface area contributed by atoms with E-state index >= 15 is 0 Å². The lowest BCUT2D eigenvalue weighted by molar-refractivity contribution is -0.0219. The maximum absolute atomic E-state index is 14.0. The van der Waals surface area contributed by atoms with E-state index in [1.165, 1.54) is 10.9 Å². The fourth-order valence-electron chi connectivity index (χ4n) is 6.38. The molecule has 1 aromatic heterocycles. The molecule has 2 amide bonds. The minimum Gasteiger partial charge on any atom is -0.478 e. The number of benzene rings is 2. The van der Waals surface area contributed by atoms with Crippen LogP contribution < -0.4 is 0 Å². The van der Waals surface area contributed by atoms with Gasteiger partial charge in [0.25, 0.3) is 0 Å². The molecule has 1 fully saturated rings. The van der Waals surface area contributed by atoms with Gasteiger partial charge in [0.1, 0.15) is 17.8 Å². The van der Waals surface area contributed by atoms with E-state index in [1.807, 2.05) is 58.9 Å². The number of fused-ring (bicyclic) bond motifs is 3. The minimum atomic E-state index is -1.12. The molecule has 10 nitrogen and oxygen atoms in total. The first-order valence-electron chi connectivity index (χ1n) is 14.6. The van der Waals surface area contributed by atoms with Crippen LogP contribution >= 0.6 is 0 Å². The number of aryl methyl sites for hydroxylation is 1. The summed E-state index contributed by atoms with van der Waals surface area (Å²) >= 11 is 0. The summed E-state index contributed by atoms with van der Waals surface area (Å²) in [7, 11) is 1.65. The predicted octanol–water partition coefficient (Wildman–Crippen LogP) is 5.91. The van der Waals surface area contributed by atoms with Crippen LogP contribution in [0.5, 0.6) is 0 Å². The molecule has 10 heteroatoms. The monoisotopic (exact) mass is 588 g/mol. The van der Waals surface area contributed by atoms with Crippen LogP contribution in [-0.4, -0.2) is 74.2 Å². The van der Waals surface area contributed by atoms with Crippen molar-refractivity contribution in [1.82, 2.24) is 19.6 Å². The van der Waals surface area contributed by atoms with Crippen molar-refractivity contribution in [3.63, 3.8) is 0 Å². The van der Waals surface area contributed by atoms with Gasteiger partial charge in [-0.2, -0.15) is 5.10 Å². The molecule has 2 heterocycles. The normalized spacial score (nSPS) is 17.6. The predicted molar refractivity (Wildman–Crippen MR) is 161 cm³/mol. The van der Waals surface area contributed by atoms with Crippen LogP contribution in [0.2, 0.25) is 0 Å². The molecule has 0 radical (unpaired) electrons. The van der Waals surface area contributed by atoms with Crippen LogP contribution in [0.15, 0.2) is 54.7 Å². The van der Waals surface area contributed by atoms with Crippen molar-refractivity contribution in [2.45, 2.75) is 65.1 Å². The summed E-state index contributed by atoms with van der Waals surface area (Å²) in [5, 5.41) is 14.2. The molecule has 228 valence electrons. The first-order valence-corrected chi connectivity index (χ1v) is 14.6. The van der Waals surface area contributed by atoms with Gasteiger partial charge in [0, 0.05) is 43.7 Å². The van der Waals surface area contributed by atoms with Crippen molar-refractivity contribution in [2.24, 2.45) is 12.5 Å². The highest BCUT2D eigenvalue weighted by molar-refractivity contribution is 5.88. The van der Waals surface area contributed by atoms with Crippen LogP contribution in [0.1, 0.15) is 74.1 Å². The van der Waals surface area contributed by atoms with Crippen molar-refractivity contribution in [1.29, 1.82) is 0 Å². The molecule has 0 saturated carbocycles. The fraction of sp³-hybridized carbons (Fsp3) is 0.455. The Kier molecular flexibility index (Phi) is 7.98. The maximum atomic E-state index is 14.0. The van der Waals surface area contributed by atoms with Gasteiger partial charge in [0.05, 0.1) is 12.2 Å². The third kappa shape index (κ3) is 6.23. The van der Waals surface area contributed by atoms with E-state index in [1.54, 1.807) is 16.8 Å². The third-order valence-corrected chi connectivity index (χ3v) is 8.23. The number of carbonyl (C=O) groups excluding carboxylic acids is 2. The van der Waals surface area contributed by atoms with Crippen molar-refractivity contribution in [2.75, 3.05) is 19.7 Å². The van der Waals surface area contributed by atoms with Crippen molar-refractivity contribution in [3.8, 4) is 11.1 Å². The van der Waals surface area contributed by atoms with Crippen molar-refractivity contribution >= 4 is 18.2 Å². The van der Waals surface area contributed by atoms with Gasteiger partial charge >= 0.3 is 18.2 Å². The van der Waals surface area contributed by atoms with Gasteiger partial charge in [0.2, 0.25) is 0 Å². The fourth-order valence-corrected chi connectivity index (χ4v) is 6.38. The standard InChI is InChI=1S/C33H40N4O6/c1-32(2,3)43-30(40)36-16-15-28(33(4,5)20-36)37(18-27-25(29(38)39)17-35(6)34-27)31(41)42-19-26-23-13-9-7-11-21(23)22-12-8-10-14-24(22)26/h7-14,17,26,28H,15-16,18-20H2,1-6H3,(H,38,39). The van der Waals surface area contributed by atoms with Crippen molar-refractivity contribution in [3.05, 3.63) is 77.1 Å². The number of piperidine rings is 1. The molecule has 1 unspecified atom stereocenters. The molecule has 1 N–H and O–H groups in total. The zero-order valence-electron chi connectivity index (χ0n) is 25.7. The van der Waals surface area contributed by atoms with Gasteiger partial charge in [-0.25, -0.2) is 14.4 Å². The highest BCUT2D eigenvalue weighted by Gasteiger charge is 2.44. The quantitative estimate of drug-likeness (QED) is 0.381. The molecule has 1 atom stereocenters. The maximum Gasteiger partial charge on any atom is 0.410 e. The molecule has 0 spiro atoms. The molecule has 1 saturated heterocycles. The van der Waals surface area contributed by atoms with Crippen LogP contribution in [-0.2, 0) is 23.1 Å². The molecule has 0 bridgehead atoms. The number of hydrogen-bond donors (Lipinski definition) is 1. The number of nitrogens with zero attached hydrogens (tertiary/aromatic N) is 4. The largest absolute Gasteiger partial charge is 0.478 e. The summed E-state index contributed by atoms with van der Waals surface area (Å²) in [4.78, 5) is 42.2. The lowest BCUT2D eigenvalue weighted by Gasteiger charge is -2.48. The van der Waals surface area contributed by atoms with E-state index in [2.05, 4.69) is 29.4 Å². The smallest absolute Gasteiger partial charge is 0.410 e. The average Bonchev–Trinajstić information content (AvgIpc) is 3.46. The number of ether oxygens (including phenoxy) is 2. The van der Waals surface area contributed by atoms with Gasteiger partial charge in [-0.15, -0.1) is 0 Å². The van der Waals surface area contributed by atoms with E-state index in [0.29, 0.717) is 19.5 Å². The molecule has 2 aromatic carbocycles. The van der Waals surface area contributed by atoms with Crippen LogP contribution in [0.25, 0.3) is 11.1 Å². The summed E-state index contributed by atoms with van der Waals surface area (Å²) in [6, 6.07) is 15.9. The van der Waals surface area contributed by atoms with E-state index in [4.69, 9.17) is 9.47 Å². The zero-order valence-corrected chi connectivity index (χ0v) is 25.7. The number of carbonyl (C=O) groups is 3. The Morgan fingerprint density at radius 1 is 1.05 bits per heavy atom. The van der Waals surface area contributed by atoms with Gasteiger partial charge in [-0.3, -0.25) is 9.58 Å². The molecule has 3 aromatic rings. The van der Waals surface area contributed by atoms with Gasteiger partial charge < -0.3 is 19.5 Å². The number of aromatic carboxylic acids is 1. The summed E-state index contributed by atoms with van der Waals surface area (Å²) < 4.78 is 13.1. The van der Waals surface area contributed by atoms with E-state index in [9.17, 15) is 19.5 Å². The molecule has 1 aliphatic carbocycles. The number of likely N-dealkylation sites (tertiary alicyclic amines) is 1.